The van der Waals surface area contributed by atoms with Crippen molar-refractivity contribution in [2.75, 3.05) is 6.54 Å². The lowest BCUT2D eigenvalue weighted by molar-refractivity contribution is 0.0945. The second-order valence-electron chi connectivity index (χ2n) is 7.46. The highest BCUT2D eigenvalue weighted by Gasteiger charge is 2.22. The molecule has 1 N–H and O–H groups in total. The lowest BCUT2D eigenvalue weighted by Gasteiger charge is -2.25. The zero-order valence-corrected chi connectivity index (χ0v) is 16.1. The summed E-state index contributed by atoms with van der Waals surface area (Å²) in [6.07, 6.45) is 0. The Balaban J connectivity index is 1.68. The molecule has 5 heteroatoms. The smallest absolute Gasteiger partial charge is 0.251 e. The van der Waals surface area contributed by atoms with E-state index in [4.69, 9.17) is 0 Å². The van der Waals surface area contributed by atoms with Gasteiger partial charge in [-0.3, -0.25) is 4.79 Å². The SMILES string of the molecule is Cc1cc(C)n(-c2ccc(C(=O)NCC(C)(C)c3cccc(F)c3)cc2)n1. The van der Waals surface area contributed by atoms with Crippen LogP contribution in [-0.2, 0) is 5.41 Å². The molecule has 3 aromatic rings. The molecule has 2 aromatic carbocycles. The van der Waals surface area contributed by atoms with Crippen molar-refractivity contribution in [3.8, 4) is 5.69 Å². The molecule has 0 saturated carbocycles. The van der Waals surface area contributed by atoms with Gasteiger partial charge < -0.3 is 5.32 Å². The summed E-state index contributed by atoms with van der Waals surface area (Å²) >= 11 is 0. The molecule has 0 aliphatic rings. The summed E-state index contributed by atoms with van der Waals surface area (Å²) in [7, 11) is 0. The van der Waals surface area contributed by atoms with Crippen molar-refractivity contribution in [1.82, 2.24) is 15.1 Å². The maximum absolute atomic E-state index is 13.5. The van der Waals surface area contributed by atoms with Gasteiger partial charge >= 0.3 is 0 Å². The third-order valence-corrected chi connectivity index (χ3v) is 4.68. The van der Waals surface area contributed by atoms with E-state index in [1.807, 2.05) is 56.6 Å². The van der Waals surface area contributed by atoms with Gasteiger partial charge in [-0.05, 0) is 61.9 Å². The summed E-state index contributed by atoms with van der Waals surface area (Å²) < 4.78 is 15.3. The molecule has 1 heterocycles. The van der Waals surface area contributed by atoms with Crippen molar-refractivity contribution in [3.63, 3.8) is 0 Å². The first-order valence-corrected chi connectivity index (χ1v) is 8.94. The van der Waals surface area contributed by atoms with Crippen LogP contribution in [0.15, 0.2) is 54.6 Å². The minimum atomic E-state index is -0.374. The largest absolute Gasteiger partial charge is 0.351 e. The molecule has 0 aliphatic heterocycles. The highest BCUT2D eigenvalue weighted by molar-refractivity contribution is 5.94. The lowest BCUT2D eigenvalue weighted by Crippen LogP contribution is -2.36. The van der Waals surface area contributed by atoms with Gasteiger partial charge in [0.25, 0.3) is 5.91 Å². The van der Waals surface area contributed by atoms with Gasteiger partial charge in [0.1, 0.15) is 5.82 Å². The number of hydrogen-bond donors (Lipinski definition) is 1. The number of amides is 1. The Morgan fingerprint density at radius 1 is 1.11 bits per heavy atom. The second kappa shape index (κ2) is 7.35. The van der Waals surface area contributed by atoms with E-state index in [2.05, 4.69) is 10.4 Å². The molecule has 0 atom stereocenters. The molecule has 0 fully saturated rings. The molecule has 0 aliphatic carbocycles. The number of hydrogen-bond acceptors (Lipinski definition) is 2. The molecule has 27 heavy (non-hydrogen) atoms. The second-order valence-corrected chi connectivity index (χ2v) is 7.46. The minimum absolute atomic E-state index is 0.153. The summed E-state index contributed by atoms with van der Waals surface area (Å²) in [6.45, 7) is 8.32. The summed E-state index contributed by atoms with van der Waals surface area (Å²) in [5.74, 6) is -0.425. The fraction of sp³-hybridized carbons (Fsp3) is 0.273. The van der Waals surface area contributed by atoms with Crippen LogP contribution in [-0.4, -0.2) is 22.2 Å². The maximum Gasteiger partial charge on any atom is 0.251 e. The molecular formula is C22H24FN3O. The Hall–Kier alpha value is -2.95. The zero-order chi connectivity index (χ0) is 19.6. The van der Waals surface area contributed by atoms with Crippen molar-refractivity contribution >= 4 is 5.91 Å². The Kier molecular flexibility index (Phi) is 5.13. The van der Waals surface area contributed by atoms with Crippen molar-refractivity contribution in [3.05, 3.63) is 82.9 Å². The quantitative estimate of drug-likeness (QED) is 0.731. The Morgan fingerprint density at radius 2 is 1.81 bits per heavy atom. The number of carbonyl (C=O) groups is 1. The fourth-order valence-electron chi connectivity index (χ4n) is 3.06. The van der Waals surface area contributed by atoms with Crippen LogP contribution in [0.3, 0.4) is 0 Å². The number of carbonyl (C=O) groups excluding carboxylic acids is 1. The van der Waals surface area contributed by atoms with E-state index in [9.17, 15) is 9.18 Å². The van der Waals surface area contributed by atoms with Crippen molar-refractivity contribution < 1.29 is 9.18 Å². The molecule has 4 nitrogen and oxygen atoms in total. The summed E-state index contributed by atoms with van der Waals surface area (Å²) in [4.78, 5) is 12.5. The van der Waals surface area contributed by atoms with E-state index in [1.165, 1.54) is 12.1 Å². The zero-order valence-electron chi connectivity index (χ0n) is 16.1. The Bertz CT molecular complexity index is 958. The number of halogens is 1. The normalized spacial score (nSPS) is 11.4. The molecular weight excluding hydrogens is 341 g/mol. The van der Waals surface area contributed by atoms with E-state index in [-0.39, 0.29) is 17.1 Å². The van der Waals surface area contributed by atoms with E-state index in [1.54, 1.807) is 18.2 Å². The summed E-state index contributed by atoms with van der Waals surface area (Å²) in [5.41, 5.74) is 3.96. The van der Waals surface area contributed by atoms with Gasteiger partial charge in [-0.2, -0.15) is 5.10 Å². The average Bonchev–Trinajstić information content (AvgIpc) is 2.98. The van der Waals surface area contributed by atoms with Crippen LogP contribution in [0.25, 0.3) is 5.69 Å². The van der Waals surface area contributed by atoms with Crippen LogP contribution < -0.4 is 5.32 Å². The highest BCUT2D eigenvalue weighted by atomic mass is 19.1. The molecule has 0 bridgehead atoms. The predicted octanol–water partition coefficient (Wildman–Crippen LogP) is 4.34. The summed E-state index contributed by atoms with van der Waals surface area (Å²) in [6, 6.07) is 15.8. The van der Waals surface area contributed by atoms with Crippen LogP contribution >= 0.6 is 0 Å². The van der Waals surface area contributed by atoms with Crippen molar-refractivity contribution in [1.29, 1.82) is 0 Å². The monoisotopic (exact) mass is 365 g/mol. The lowest BCUT2D eigenvalue weighted by atomic mass is 9.84. The van der Waals surface area contributed by atoms with E-state index >= 15 is 0 Å². The number of nitrogens with one attached hydrogen (secondary N) is 1. The topological polar surface area (TPSA) is 46.9 Å². The van der Waals surface area contributed by atoms with E-state index in [0.717, 1.165) is 22.6 Å². The minimum Gasteiger partial charge on any atom is -0.351 e. The molecule has 140 valence electrons. The van der Waals surface area contributed by atoms with Crippen LogP contribution in [0, 0.1) is 19.7 Å². The number of benzene rings is 2. The molecule has 0 spiro atoms. The van der Waals surface area contributed by atoms with E-state index in [0.29, 0.717) is 12.1 Å². The molecule has 1 amide bonds. The Morgan fingerprint density at radius 3 is 2.41 bits per heavy atom. The summed E-state index contributed by atoms with van der Waals surface area (Å²) in [5, 5.41) is 7.40. The van der Waals surface area contributed by atoms with Crippen LogP contribution in [0.5, 0.6) is 0 Å². The first kappa shape index (κ1) is 18.8. The van der Waals surface area contributed by atoms with Crippen molar-refractivity contribution in [2.45, 2.75) is 33.1 Å². The van der Waals surface area contributed by atoms with Gasteiger partial charge in [-0.15, -0.1) is 0 Å². The fourth-order valence-corrected chi connectivity index (χ4v) is 3.06. The molecule has 3 rings (SSSR count). The molecule has 0 saturated heterocycles. The maximum atomic E-state index is 13.5. The van der Waals surface area contributed by atoms with Gasteiger partial charge in [-0.1, -0.05) is 26.0 Å². The van der Waals surface area contributed by atoms with Gasteiger partial charge in [0, 0.05) is 23.2 Å². The number of aryl methyl sites for hydroxylation is 2. The van der Waals surface area contributed by atoms with Crippen LogP contribution in [0.1, 0.15) is 41.2 Å². The number of nitrogens with zero attached hydrogens (tertiary/aromatic N) is 2. The standard InChI is InChI=1S/C22H24FN3O/c1-15-12-16(2)26(25-15)20-10-8-17(9-11-20)21(27)24-14-22(3,4)18-6-5-7-19(23)13-18/h5-13H,14H2,1-4H3,(H,24,27). The van der Waals surface area contributed by atoms with Gasteiger partial charge in [-0.25, -0.2) is 9.07 Å². The highest BCUT2D eigenvalue weighted by Crippen LogP contribution is 2.23. The van der Waals surface area contributed by atoms with Gasteiger partial charge in [0.2, 0.25) is 0 Å². The number of rotatable bonds is 5. The van der Waals surface area contributed by atoms with E-state index < -0.39 is 0 Å². The first-order valence-electron chi connectivity index (χ1n) is 8.94. The third kappa shape index (κ3) is 4.25. The van der Waals surface area contributed by atoms with Crippen LogP contribution in [0.4, 0.5) is 4.39 Å². The third-order valence-electron chi connectivity index (χ3n) is 4.68. The van der Waals surface area contributed by atoms with Gasteiger partial charge in [0.05, 0.1) is 11.4 Å². The average molecular weight is 365 g/mol. The molecule has 0 radical (unpaired) electrons. The van der Waals surface area contributed by atoms with Crippen LogP contribution in [0.2, 0.25) is 0 Å². The first-order chi connectivity index (χ1) is 12.8. The Labute approximate surface area is 159 Å². The number of aromatic nitrogens is 2. The van der Waals surface area contributed by atoms with Crippen molar-refractivity contribution in [2.24, 2.45) is 0 Å². The molecule has 1 aromatic heterocycles. The predicted molar refractivity (Wildman–Crippen MR) is 105 cm³/mol. The van der Waals surface area contributed by atoms with Gasteiger partial charge in [0.15, 0.2) is 0 Å². The molecule has 0 unspecified atom stereocenters.